The fourth-order valence-corrected chi connectivity index (χ4v) is 1.55. The van der Waals surface area contributed by atoms with E-state index < -0.39 is 12.3 Å². The Morgan fingerprint density at radius 3 is 2.25 bits per heavy atom. The van der Waals surface area contributed by atoms with Gasteiger partial charge >= 0.3 is 6.43 Å². The highest BCUT2D eigenvalue weighted by Gasteiger charge is 2.27. The minimum atomic E-state index is -2.94. The molecule has 0 saturated carbocycles. The van der Waals surface area contributed by atoms with E-state index in [1.54, 1.807) is 7.05 Å². The molecule has 7 heteroatoms. The predicted octanol–water partition coefficient (Wildman–Crippen LogP) is -0.858. The van der Waals surface area contributed by atoms with Crippen LogP contribution in [0.2, 0.25) is 0 Å². The van der Waals surface area contributed by atoms with Gasteiger partial charge in [-0.05, 0) is 0 Å². The van der Waals surface area contributed by atoms with E-state index in [1.807, 2.05) is 4.90 Å². The van der Waals surface area contributed by atoms with Crippen molar-refractivity contribution in [2.75, 3.05) is 39.8 Å². The molecule has 0 unspecified atom stereocenters. The average Bonchev–Trinajstić information content (AvgIpc) is 2.28. The fraction of sp³-hybridized carbons (Fsp3) is 0.778. The maximum Gasteiger partial charge on any atom is 0.315 e. The summed E-state index contributed by atoms with van der Waals surface area (Å²) in [4.78, 5) is 25.0. The smallest absolute Gasteiger partial charge is 0.315 e. The highest BCUT2D eigenvalue weighted by molar-refractivity contribution is 5.79. The third-order valence-electron chi connectivity index (χ3n) is 2.52. The van der Waals surface area contributed by atoms with E-state index in [-0.39, 0.29) is 25.5 Å². The van der Waals surface area contributed by atoms with Crippen molar-refractivity contribution < 1.29 is 18.4 Å². The van der Waals surface area contributed by atoms with Gasteiger partial charge in [-0.15, -0.1) is 0 Å². The molecule has 0 spiro atoms. The number of amides is 2. The van der Waals surface area contributed by atoms with Gasteiger partial charge in [-0.25, -0.2) is 0 Å². The van der Waals surface area contributed by atoms with Crippen molar-refractivity contribution >= 4 is 11.8 Å². The SMILES string of the molecule is CNC(=O)CN1CCN(C(=O)C(F)F)CC1. The van der Waals surface area contributed by atoms with Crippen LogP contribution in [-0.4, -0.2) is 67.8 Å². The Morgan fingerprint density at radius 2 is 1.81 bits per heavy atom. The summed E-state index contributed by atoms with van der Waals surface area (Å²) in [6.07, 6.45) is -2.94. The predicted molar refractivity (Wildman–Crippen MR) is 53.1 cm³/mol. The van der Waals surface area contributed by atoms with Gasteiger partial charge in [0.15, 0.2) is 0 Å². The van der Waals surface area contributed by atoms with Crippen LogP contribution in [0.5, 0.6) is 0 Å². The van der Waals surface area contributed by atoms with Crippen molar-refractivity contribution in [1.82, 2.24) is 15.1 Å². The molecule has 5 nitrogen and oxygen atoms in total. The van der Waals surface area contributed by atoms with E-state index in [9.17, 15) is 18.4 Å². The van der Waals surface area contributed by atoms with E-state index in [4.69, 9.17) is 0 Å². The summed E-state index contributed by atoms with van der Waals surface area (Å²) in [6.45, 7) is 1.64. The van der Waals surface area contributed by atoms with Crippen molar-refractivity contribution in [3.63, 3.8) is 0 Å². The molecule has 0 aliphatic carbocycles. The number of hydrogen-bond donors (Lipinski definition) is 1. The molecule has 1 heterocycles. The Hall–Kier alpha value is -1.24. The Balaban J connectivity index is 2.34. The number of piperazine rings is 1. The molecule has 0 aromatic rings. The molecule has 0 aromatic heterocycles. The highest BCUT2D eigenvalue weighted by atomic mass is 19.3. The number of carbonyl (C=O) groups excluding carboxylic acids is 2. The second-order valence-corrected chi connectivity index (χ2v) is 3.58. The molecule has 2 amide bonds. The number of alkyl halides is 2. The molecule has 0 radical (unpaired) electrons. The van der Waals surface area contributed by atoms with Crippen LogP contribution >= 0.6 is 0 Å². The second kappa shape index (κ2) is 5.74. The third kappa shape index (κ3) is 3.41. The first-order valence-corrected chi connectivity index (χ1v) is 5.04. The maximum absolute atomic E-state index is 12.1. The van der Waals surface area contributed by atoms with Gasteiger partial charge in [0, 0.05) is 33.2 Å². The van der Waals surface area contributed by atoms with Gasteiger partial charge in [-0.3, -0.25) is 14.5 Å². The number of nitrogens with one attached hydrogen (secondary N) is 1. The summed E-state index contributed by atoms with van der Waals surface area (Å²) >= 11 is 0. The molecular formula is C9H15F2N3O2. The van der Waals surface area contributed by atoms with Crippen molar-refractivity contribution in [3.8, 4) is 0 Å². The Morgan fingerprint density at radius 1 is 1.25 bits per heavy atom. The molecule has 1 N–H and O–H groups in total. The molecule has 0 aromatic carbocycles. The zero-order chi connectivity index (χ0) is 12.1. The van der Waals surface area contributed by atoms with E-state index in [0.29, 0.717) is 13.1 Å². The molecule has 1 rings (SSSR count). The molecule has 16 heavy (non-hydrogen) atoms. The third-order valence-corrected chi connectivity index (χ3v) is 2.52. The molecule has 1 saturated heterocycles. The standard InChI is InChI=1S/C9H15F2N3O2/c1-12-7(15)6-13-2-4-14(5-3-13)9(16)8(10)11/h8H,2-6H2,1H3,(H,12,15). The minimum Gasteiger partial charge on any atom is -0.358 e. The zero-order valence-electron chi connectivity index (χ0n) is 9.08. The van der Waals surface area contributed by atoms with Crippen LogP contribution < -0.4 is 5.32 Å². The molecular weight excluding hydrogens is 220 g/mol. The van der Waals surface area contributed by atoms with E-state index in [2.05, 4.69) is 5.32 Å². The number of carbonyl (C=O) groups is 2. The quantitative estimate of drug-likeness (QED) is 0.692. The number of nitrogens with zero attached hydrogens (tertiary/aromatic N) is 2. The van der Waals surface area contributed by atoms with E-state index in [1.165, 1.54) is 0 Å². The summed E-state index contributed by atoms with van der Waals surface area (Å²) in [5.74, 6) is -1.24. The van der Waals surface area contributed by atoms with Gasteiger partial charge in [0.1, 0.15) is 0 Å². The second-order valence-electron chi connectivity index (χ2n) is 3.58. The van der Waals surface area contributed by atoms with Crippen LogP contribution in [0.25, 0.3) is 0 Å². The molecule has 92 valence electrons. The van der Waals surface area contributed by atoms with Crippen molar-refractivity contribution in [1.29, 1.82) is 0 Å². The van der Waals surface area contributed by atoms with Crippen LogP contribution in [0, 0.1) is 0 Å². The molecule has 1 aliphatic rings. The van der Waals surface area contributed by atoms with Crippen molar-refractivity contribution in [2.45, 2.75) is 6.43 Å². The summed E-state index contributed by atoms with van der Waals surface area (Å²) in [5, 5.41) is 2.48. The lowest BCUT2D eigenvalue weighted by Gasteiger charge is -2.33. The summed E-state index contributed by atoms with van der Waals surface area (Å²) in [7, 11) is 1.54. The van der Waals surface area contributed by atoms with Gasteiger partial charge in [0.25, 0.3) is 5.91 Å². The Labute approximate surface area is 92.4 Å². The first-order chi connectivity index (χ1) is 7.54. The van der Waals surface area contributed by atoms with Crippen LogP contribution in [0.1, 0.15) is 0 Å². The lowest BCUT2D eigenvalue weighted by atomic mass is 10.3. The minimum absolute atomic E-state index is 0.117. The monoisotopic (exact) mass is 235 g/mol. The summed E-state index contributed by atoms with van der Waals surface area (Å²) in [5.41, 5.74) is 0. The van der Waals surface area contributed by atoms with Crippen LogP contribution in [0.3, 0.4) is 0 Å². The molecule has 1 aliphatic heterocycles. The average molecular weight is 235 g/mol. The van der Waals surface area contributed by atoms with Crippen LogP contribution in [-0.2, 0) is 9.59 Å². The zero-order valence-corrected chi connectivity index (χ0v) is 9.08. The first kappa shape index (κ1) is 12.8. The molecule has 0 bridgehead atoms. The van der Waals surface area contributed by atoms with Gasteiger partial charge in [0.2, 0.25) is 5.91 Å². The van der Waals surface area contributed by atoms with E-state index in [0.717, 1.165) is 4.90 Å². The topological polar surface area (TPSA) is 52.7 Å². The number of likely N-dealkylation sites (N-methyl/N-ethyl adjacent to an activating group) is 1. The van der Waals surface area contributed by atoms with Crippen LogP contribution in [0.4, 0.5) is 8.78 Å². The molecule has 1 fully saturated rings. The van der Waals surface area contributed by atoms with Gasteiger partial charge in [-0.2, -0.15) is 8.78 Å². The highest BCUT2D eigenvalue weighted by Crippen LogP contribution is 2.06. The van der Waals surface area contributed by atoms with Crippen LogP contribution in [0.15, 0.2) is 0 Å². The number of rotatable bonds is 3. The lowest BCUT2D eigenvalue weighted by molar-refractivity contribution is -0.144. The van der Waals surface area contributed by atoms with E-state index >= 15 is 0 Å². The Kier molecular flexibility index (Phi) is 4.60. The number of halogens is 2. The summed E-state index contributed by atoms with van der Waals surface area (Å²) in [6, 6.07) is 0. The first-order valence-electron chi connectivity index (χ1n) is 5.04. The largest absolute Gasteiger partial charge is 0.358 e. The van der Waals surface area contributed by atoms with Crippen molar-refractivity contribution in [3.05, 3.63) is 0 Å². The van der Waals surface area contributed by atoms with Gasteiger partial charge in [-0.1, -0.05) is 0 Å². The fourth-order valence-electron chi connectivity index (χ4n) is 1.55. The van der Waals surface area contributed by atoms with Gasteiger partial charge < -0.3 is 10.2 Å². The normalized spacial score (nSPS) is 17.6. The number of hydrogen-bond acceptors (Lipinski definition) is 3. The summed E-state index contributed by atoms with van der Waals surface area (Å²) < 4.78 is 24.2. The maximum atomic E-state index is 12.1. The molecule has 0 atom stereocenters. The Bertz CT molecular complexity index is 265. The van der Waals surface area contributed by atoms with Crippen molar-refractivity contribution in [2.24, 2.45) is 0 Å². The van der Waals surface area contributed by atoms with Gasteiger partial charge in [0.05, 0.1) is 6.54 Å². The lowest BCUT2D eigenvalue weighted by Crippen LogP contribution is -2.52.